The van der Waals surface area contributed by atoms with Gasteiger partial charge in [-0.15, -0.1) is 5.10 Å². The summed E-state index contributed by atoms with van der Waals surface area (Å²) in [5, 5.41) is 12.1. The van der Waals surface area contributed by atoms with E-state index >= 15 is 0 Å². The number of hydrogen-bond acceptors (Lipinski definition) is 4. The van der Waals surface area contributed by atoms with Crippen molar-refractivity contribution < 1.29 is 18.0 Å². The maximum Gasteiger partial charge on any atom is 0.451 e. The molecule has 0 saturated carbocycles. The van der Waals surface area contributed by atoms with Gasteiger partial charge in [-0.05, 0) is 31.5 Å². The largest absolute Gasteiger partial charge is 0.451 e. The minimum absolute atomic E-state index is 0.175. The number of hydrogen-bond donors (Lipinski definition) is 2. The van der Waals surface area contributed by atoms with Crippen LogP contribution in [-0.4, -0.2) is 30.9 Å². The van der Waals surface area contributed by atoms with Crippen molar-refractivity contribution in [3.8, 4) is 16.9 Å². The first kappa shape index (κ1) is 20.3. The average molecular weight is 426 g/mol. The first-order chi connectivity index (χ1) is 14.7. The van der Waals surface area contributed by atoms with Gasteiger partial charge in [0.25, 0.3) is 5.91 Å². The van der Waals surface area contributed by atoms with Crippen molar-refractivity contribution in [2.24, 2.45) is 0 Å². The predicted molar refractivity (Wildman–Crippen MR) is 108 cm³/mol. The Morgan fingerprint density at radius 3 is 2.48 bits per heavy atom. The maximum atomic E-state index is 13.0. The van der Waals surface area contributed by atoms with E-state index in [9.17, 15) is 18.0 Å². The Hall–Kier alpha value is -3.95. The molecule has 0 saturated heterocycles. The van der Waals surface area contributed by atoms with Crippen LogP contribution in [-0.2, 0) is 6.18 Å². The number of aryl methyl sites for hydroxylation is 2. The summed E-state index contributed by atoms with van der Waals surface area (Å²) in [6.45, 7) is 3.85. The number of rotatable bonds is 4. The van der Waals surface area contributed by atoms with Gasteiger partial charge in [-0.3, -0.25) is 15.2 Å². The first-order valence-corrected chi connectivity index (χ1v) is 9.26. The molecule has 0 atom stereocenters. The monoisotopic (exact) mass is 426 g/mol. The van der Waals surface area contributed by atoms with E-state index in [1.54, 1.807) is 9.78 Å². The number of benzene rings is 2. The molecule has 2 N–H and O–H groups in total. The zero-order valence-corrected chi connectivity index (χ0v) is 16.5. The fraction of sp³-hybridized carbons (Fsp3) is 0.143. The number of aromatic nitrogens is 5. The highest BCUT2D eigenvalue weighted by Gasteiger charge is 2.35. The topological polar surface area (TPSA) is 88.5 Å². The molecule has 4 aromatic rings. The highest BCUT2D eigenvalue weighted by molar-refractivity contribution is 6.07. The summed E-state index contributed by atoms with van der Waals surface area (Å²) in [4.78, 5) is 16.2. The third-order valence-electron chi connectivity index (χ3n) is 4.60. The van der Waals surface area contributed by atoms with Gasteiger partial charge in [-0.1, -0.05) is 42.0 Å². The number of halogens is 3. The molecular weight excluding hydrogens is 409 g/mol. The summed E-state index contributed by atoms with van der Waals surface area (Å²) >= 11 is 0. The summed E-state index contributed by atoms with van der Waals surface area (Å²) < 4.78 is 39.8. The number of alkyl halides is 3. The smallest absolute Gasteiger partial charge is 0.289 e. The van der Waals surface area contributed by atoms with Gasteiger partial charge in [-0.2, -0.15) is 23.3 Å². The lowest BCUT2D eigenvalue weighted by Crippen LogP contribution is -2.14. The van der Waals surface area contributed by atoms with E-state index in [0.29, 0.717) is 5.69 Å². The Morgan fingerprint density at radius 2 is 1.84 bits per heavy atom. The quantitative estimate of drug-likeness (QED) is 0.501. The van der Waals surface area contributed by atoms with E-state index in [4.69, 9.17) is 0 Å². The number of carbonyl (C=O) groups is 1. The maximum absolute atomic E-state index is 13.0. The zero-order chi connectivity index (χ0) is 22.2. The third kappa shape index (κ3) is 4.18. The van der Waals surface area contributed by atoms with Gasteiger partial charge < -0.3 is 0 Å². The average Bonchev–Trinajstić information content (AvgIpc) is 3.36. The number of anilines is 1. The number of aromatic amines is 1. The highest BCUT2D eigenvalue weighted by Crippen LogP contribution is 2.29. The molecule has 2 aromatic carbocycles. The number of nitrogens with one attached hydrogen (secondary N) is 2. The molecule has 4 rings (SSSR count). The summed E-state index contributed by atoms with van der Waals surface area (Å²) in [7, 11) is 0. The van der Waals surface area contributed by atoms with Gasteiger partial charge in [0.1, 0.15) is 5.69 Å². The molecule has 0 radical (unpaired) electrons. The molecule has 7 nitrogen and oxygen atoms in total. The van der Waals surface area contributed by atoms with Gasteiger partial charge in [0.2, 0.25) is 11.8 Å². The van der Waals surface area contributed by atoms with Crippen LogP contribution in [0.1, 0.15) is 27.3 Å². The lowest BCUT2D eigenvalue weighted by atomic mass is 10.0. The number of H-pyrrole nitrogens is 1. The lowest BCUT2D eigenvalue weighted by molar-refractivity contribution is -0.144. The second-order valence-electron chi connectivity index (χ2n) is 6.95. The fourth-order valence-corrected chi connectivity index (χ4v) is 3.14. The molecule has 10 heteroatoms. The number of amides is 1. The summed E-state index contributed by atoms with van der Waals surface area (Å²) in [6.07, 6.45) is -3.17. The molecular formula is C21H17F3N6O. The van der Waals surface area contributed by atoms with Crippen molar-refractivity contribution in [3.05, 3.63) is 77.2 Å². The van der Waals surface area contributed by atoms with Crippen LogP contribution in [0.2, 0.25) is 0 Å². The predicted octanol–water partition coefficient (Wildman–Crippen LogP) is 4.55. The Balaban J connectivity index is 1.75. The van der Waals surface area contributed by atoms with Crippen molar-refractivity contribution in [2.75, 3.05) is 5.32 Å². The van der Waals surface area contributed by atoms with E-state index in [1.165, 1.54) is 6.20 Å². The number of nitrogens with zero attached hydrogens (tertiary/aromatic N) is 4. The first-order valence-electron chi connectivity index (χ1n) is 9.26. The summed E-state index contributed by atoms with van der Waals surface area (Å²) in [5.41, 5.74) is 3.99. The molecule has 0 spiro atoms. The second kappa shape index (κ2) is 7.71. The van der Waals surface area contributed by atoms with E-state index in [-0.39, 0.29) is 5.56 Å². The van der Waals surface area contributed by atoms with Crippen LogP contribution in [0.4, 0.5) is 19.1 Å². The molecule has 158 valence electrons. The van der Waals surface area contributed by atoms with E-state index in [0.717, 1.165) is 22.4 Å². The van der Waals surface area contributed by atoms with Crippen LogP contribution in [0, 0.1) is 13.8 Å². The Kier molecular flexibility index (Phi) is 5.05. The molecule has 0 bridgehead atoms. The van der Waals surface area contributed by atoms with Crippen LogP contribution < -0.4 is 5.32 Å². The minimum Gasteiger partial charge on any atom is -0.289 e. The Bertz CT molecular complexity index is 1240. The van der Waals surface area contributed by atoms with Crippen molar-refractivity contribution in [3.63, 3.8) is 0 Å². The van der Waals surface area contributed by atoms with E-state index < -0.39 is 23.9 Å². The van der Waals surface area contributed by atoms with Crippen molar-refractivity contribution in [1.82, 2.24) is 25.0 Å². The number of carbonyl (C=O) groups excluding carboxylic acids is 1. The van der Waals surface area contributed by atoms with Gasteiger partial charge in [0, 0.05) is 11.8 Å². The SMILES string of the molecule is Cc1ccc(-c2nn(-c3ccccc3)cc2C(=O)Nc2n[nH]c(C(F)(F)F)n2)c(C)c1. The molecule has 0 aliphatic carbocycles. The molecule has 0 unspecified atom stereocenters. The standard InChI is InChI=1S/C21H17F3N6O/c1-12-8-9-15(13(2)10-12)17-16(11-30(29-17)14-6-4-3-5-7-14)18(31)25-20-26-19(27-28-20)21(22,23)24/h3-11H,1-2H3,(H2,25,26,27,28,31). The van der Waals surface area contributed by atoms with Crippen molar-refractivity contribution in [1.29, 1.82) is 0 Å². The third-order valence-corrected chi connectivity index (χ3v) is 4.60. The summed E-state index contributed by atoms with van der Waals surface area (Å²) in [6, 6.07) is 14.9. The Morgan fingerprint density at radius 1 is 1.10 bits per heavy atom. The molecule has 2 aromatic heterocycles. The van der Waals surface area contributed by atoms with Crippen LogP contribution in [0.3, 0.4) is 0 Å². The second-order valence-corrected chi connectivity index (χ2v) is 6.95. The number of para-hydroxylation sites is 1. The van der Waals surface area contributed by atoms with Crippen LogP contribution in [0.15, 0.2) is 54.7 Å². The Labute approximate surface area is 174 Å². The van der Waals surface area contributed by atoms with Gasteiger partial charge in [0.05, 0.1) is 11.3 Å². The zero-order valence-electron chi connectivity index (χ0n) is 16.5. The molecule has 0 aliphatic heterocycles. The molecule has 0 fully saturated rings. The molecule has 1 amide bonds. The van der Waals surface area contributed by atoms with Gasteiger partial charge >= 0.3 is 6.18 Å². The van der Waals surface area contributed by atoms with Crippen LogP contribution in [0.5, 0.6) is 0 Å². The van der Waals surface area contributed by atoms with Crippen molar-refractivity contribution >= 4 is 11.9 Å². The molecule has 2 heterocycles. The van der Waals surface area contributed by atoms with Crippen molar-refractivity contribution in [2.45, 2.75) is 20.0 Å². The van der Waals surface area contributed by atoms with Gasteiger partial charge in [-0.25, -0.2) is 4.68 Å². The van der Waals surface area contributed by atoms with Gasteiger partial charge in [0.15, 0.2) is 0 Å². The van der Waals surface area contributed by atoms with E-state index in [1.807, 2.05) is 62.4 Å². The van der Waals surface area contributed by atoms with Crippen LogP contribution in [0.25, 0.3) is 16.9 Å². The normalized spacial score (nSPS) is 11.5. The lowest BCUT2D eigenvalue weighted by Gasteiger charge is -2.07. The van der Waals surface area contributed by atoms with E-state index in [2.05, 4.69) is 20.5 Å². The molecule has 0 aliphatic rings. The highest BCUT2D eigenvalue weighted by atomic mass is 19.4. The minimum atomic E-state index is -4.70. The fourth-order valence-electron chi connectivity index (χ4n) is 3.14. The summed E-state index contributed by atoms with van der Waals surface area (Å²) in [5.74, 6) is -2.45. The molecule has 31 heavy (non-hydrogen) atoms. The van der Waals surface area contributed by atoms with Crippen LogP contribution >= 0.6 is 0 Å².